The van der Waals surface area contributed by atoms with Crippen LogP contribution in [-0.4, -0.2) is 23.2 Å². The Labute approximate surface area is 130 Å². The molecule has 0 saturated heterocycles. The Morgan fingerprint density at radius 1 is 1.14 bits per heavy atom. The zero-order valence-electron chi connectivity index (χ0n) is 12.1. The summed E-state index contributed by atoms with van der Waals surface area (Å²) < 4.78 is 5.70. The van der Waals surface area contributed by atoms with Crippen LogP contribution in [0.25, 0.3) is 0 Å². The summed E-state index contributed by atoms with van der Waals surface area (Å²) in [4.78, 5) is 10.3. The van der Waals surface area contributed by atoms with E-state index in [1.165, 1.54) is 5.69 Å². The Kier molecular flexibility index (Phi) is 5.43. The first-order valence-corrected chi connectivity index (χ1v) is 7.24. The van der Waals surface area contributed by atoms with Crippen LogP contribution in [-0.2, 0) is 0 Å². The molecule has 0 bridgehead atoms. The highest BCUT2D eigenvalue weighted by Crippen LogP contribution is 2.24. The van der Waals surface area contributed by atoms with Gasteiger partial charge in [0.2, 0.25) is 5.88 Å². The third-order valence-corrected chi connectivity index (χ3v) is 3.17. The van der Waals surface area contributed by atoms with Gasteiger partial charge < -0.3 is 9.64 Å². The zero-order chi connectivity index (χ0) is 15.1. The van der Waals surface area contributed by atoms with E-state index in [0.29, 0.717) is 11.6 Å². The van der Waals surface area contributed by atoms with Gasteiger partial charge in [0.05, 0.1) is 17.0 Å². The Balaban J connectivity index is 2.07. The molecule has 2 aromatic rings. The summed E-state index contributed by atoms with van der Waals surface area (Å²) >= 11 is 4.55. The lowest BCUT2D eigenvalue weighted by Gasteiger charge is -2.21. The number of hydrogen-bond acceptors (Lipinski definition) is 5. The third kappa shape index (κ3) is 4.12. The Hall–Kier alpha value is -2.23. The number of hydrogen-bond donors (Lipinski definition) is 0. The number of pyridine rings is 1. The number of isothiocyanates is 1. The molecule has 1 aromatic carbocycles. The summed E-state index contributed by atoms with van der Waals surface area (Å²) in [6.07, 6.45) is 1.60. The number of anilines is 1. The number of rotatable bonds is 6. The van der Waals surface area contributed by atoms with E-state index in [1.807, 2.05) is 24.3 Å². The van der Waals surface area contributed by atoms with Gasteiger partial charge in [-0.2, -0.15) is 4.99 Å². The van der Waals surface area contributed by atoms with E-state index >= 15 is 0 Å². The van der Waals surface area contributed by atoms with E-state index in [1.54, 1.807) is 18.3 Å². The van der Waals surface area contributed by atoms with Gasteiger partial charge in [-0.1, -0.05) is 0 Å². The largest absolute Gasteiger partial charge is 0.439 e. The lowest BCUT2D eigenvalue weighted by molar-refractivity contribution is 0.463. The fourth-order valence-electron chi connectivity index (χ4n) is 1.99. The highest BCUT2D eigenvalue weighted by molar-refractivity contribution is 7.78. The number of ether oxygens (including phenoxy) is 1. The van der Waals surface area contributed by atoms with Crippen LogP contribution in [0, 0.1) is 0 Å². The third-order valence-electron chi connectivity index (χ3n) is 3.08. The maximum atomic E-state index is 5.70. The van der Waals surface area contributed by atoms with Crippen LogP contribution >= 0.6 is 12.2 Å². The molecule has 4 nitrogen and oxygen atoms in total. The minimum Gasteiger partial charge on any atom is -0.439 e. The molecule has 0 radical (unpaired) electrons. The second-order valence-corrected chi connectivity index (χ2v) is 4.51. The standard InChI is InChI=1S/C16H17N3OS/c1-3-19(4-2)14-6-8-15(9-7-14)20-16-10-5-13(11-17-16)18-12-21/h5-11H,3-4H2,1-2H3. The monoisotopic (exact) mass is 299 g/mol. The number of benzene rings is 1. The zero-order valence-corrected chi connectivity index (χ0v) is 12.9. The summed E-state index contributed by atoms with van der Waals surface area (Å²) in [6.45, 7) is 6.25. The SMILES string of the molecule is CCN(CC)c1ccc(Oc2ccc(N=C=S)cn2)cc1. The van der Waals surface area contributed by atoms with E-state index in [-0.39, 0.29) is 0 Å². The summed E-state index contributed by atoms with van der Waals surface area (Å²) in [5, 5.41) is 2.30. The van der Waals surface area contributed by atoms with Crippen LogP contribution in [0.2, 0.25) is 0 Å². The average Bonchev–Trinajstić information content (AvgIpc) is 2.52. The number of nitrogens with zero attached hydrogens (tertiary/aromatic N) is 3. The fourth-order valence-corrected chi connectivity index (χ4v) is 2.09. The predicted molar refractivity (Wildman–Crippen MR) is 89.0 cm³/mol. The van der Waals surface area contributed by atoms with Crippen molar-refractivity contribution < 1.29 is 4.74 Å². The molecule has 0 aliphatic heterocycles. The second kappa shape index (κ2) is 7.53. The molecule has 2 rings (SSSR count). The summed E-state index contributed by atoms with van der Waals surface area (Å²) in [7, 11) is 0. The molecule has 108 valence electrons. The molecular weight excluding hydrogens is 282 g/mol. The first-order valence-electron chi connectivity index (χ1n) is 6.83. The quantitative estimate of drug-likeness (QED) is 0.583. The van der Waals surface area contributed by atoms with Crippen molar-refractivity contribution >= 4 is 28.8 Å². The van der Waals surface area contributed by atoms with E-state index in [4.69, 9.17) is 4.74 Å². The molecule has 5 heteroatoms. The van der Waals surface area contributed by atoms with Crippen molar-refractivity contribution in [3.8, 4) is 11.6 Å². The summed E-state index contributed by atoms with van der Waals surface area (Å²) in [5.74, 6) is 1.28. The Morgan fingerprint density at radius 2 is 1.86 bits per heavy atom. The van der Waals surface area contributed by atoms with Crippen LogP contribution in [0.3, 0.4) is 0 Å². The number of aliphatic imine (C=N–C) groups is 1. The van der Waals surface area contributed by atoms with Crippen LogP contribution in [0.5, 0.6) is 11.6 Å². The van der Waals surface area contributed by atoms with Crippen LogP contribution in [0.15, 0.2) is 47.6 Å². The minimum absolute atomic E-state index is 0.522. The Bertz CT molecular complexity index is 615. The summed E-state index contributed by atoms with van der Waals surface area (Å²) in [6, 6.07) is 11.5. The highest BCUT2D eigenvalue weighted by atomic mass is 32.1. The van der Waals surface area contributed by atoms with Crippen molar-refractivity contribution in [2.45, 2.75) is 13.8 Å². The molecule has 0 fully saturated rings. The normalized spacial score (nSPS) is 9.81. The van der Waals surface area contributed by atoms with Crippen LogP contribution in [0.1, 0.15) is 13.8 Å². The van der Waals surface area contributed by atoms with Crippen molar-refractivity contribution in [1.29, 1.82) is 0 Å². The van der Waals surface area contributed by atoms with Gasteiger partial charge in [-0.05, 0) is 56.4 Å². The number of aromatic nitrogens is 1. The fraction of sp³-hybridized carbons (Fsp3) is 0.250. The van der Waals surface area contributed by atoms with Gasteiger partial charge in [-0.25, -0.2) is 4.98 Å². The molecule has 0 atom stereocenters. The maximum Gasteiger partial charge on any atom is 0.219 e. The first-order chi connectivity index (χ1) is 10.3. The lowest BCUT2D eigenvalue weighted by Crippen LogP contribution is -2.21. The van der Waals surface area contributed by atoms with Crippen molar-refractivity contribution in [2.75, 3.05) is 18.0 Å². The van der Waals surface area contributed by atoms with Crippen LogP contribution < -0.4 is 9.64 Å². The Morgan fingerprint density at radius 3 is 2.38 bits per heavy atom. The first kappa shape index (κ1) is 15.2. The highest BCUT2D eigenvalue weighted by Gasteiger charge is 2.03. The molecule has 0 N–H and O–H groups in total. The molecule has 21 heavy (non-hydrogen) atoms. The van der Waals surface area contributed by atoms with E-state index < -0.39 is 0 Å². The van der Waals surface area contributed by atoms with Gasteiger partial charge in [0.1, 0.15) is 5.75 Å². The second-order valence-electron chi connectivity index (χ2n) is 4.33. The van der Waals surface area contributed by atoms with E-state index in [9.17, 15) is 0 Å². The van der Waals surface area contributed by atoms with Gasteiger partial charge in [-0.15, -0.1) is 0 Å². The molecule has 0 aliphatic rings. The summed E-state index contributed by atoms with van der Waals surface area (Å²) in [5.41, 5.74) is 1.85. The smallest absolute Gasteiger partial charge is 0.219 e. The topological polar surface area (TPSA) is 37.7 Å². The van der Waals surface area contributed by atoms with Gasteiger partial charge in [-0.3, -0.25) is 0 Å². The van der Waals surface area contributed by atoms with Crippen molar-refractivity contribution in [2.24, 2.45) is 4.99 Å². The van der Waals surface area contributed by atoms with Crippen molar-refractivity contribution in [1.82, 2.24) is 4.98 Å². The molecule has 0 aliphatic carbocycles. The molecule has 0 unspecified atom stereocenters. The van der Waals surface area contributed by atoms with Crippen LogP contribution in [0.4, 0.5) is 11.4 Å². The van der Waals surface area contributed by atoms with Crippen molar-refractivity contribution in [3.63, 3.8) is 0 Å². The lowest BCUT2D eigenvalue weighted by atomic mass is 10.2. The molecule has 1 heterocycles. The van der Waals surface area contributed by atoms with Gasteiger partial charge in [0.15, 0.2) is 0 Å². The molecule has 1 aromatic heterocycles. The minimum atomic E-state index is 0.522. The van der Waals surface area contributed by atoms with E-state index in [0.717, 1.165) is 18.8 Å². The van der Waals surface area contributed by atoms with Gasteiger partial charge in [0, 0.05) is 24.8 Å². The van der Waals surface area contributed by atoms with E-state index in [2.05, 4.69) is 46.1 Å². The van der Waals surface area contributed by atoms with Gasteiger partial charge in [0.25, 0.3) is 0 Å². The molecule has 0 saturated carbocycles. The maximum absolute atomic E-state index is 5.70. The molecular formula is C16H17N3OS. The molecule has 0 amide bonds. The molecule has 0 spiro atoms. The average molecular weight is 299 g/mol. The van der Waals surface area contributed by atoms with Crippen molar-refractivity contribution in [3.05, 3.63) is 42.6 Å². The van der Waals surface area contributed by atoms with Gasteiger partial charge >= 0.3 is 0 Å². The predicted octanol–water partition coefficient (Wildman–Crippen LogP) is 4.45. The number of thiocarbonyl (C=S) groups is 1.